The Hall–Kier alpha value is -0.370. The average molecular weight is 329 g/mol. The van der Waals surface area contributed by atoms with Crippen molar-refractivity contribution in [2.75, 3.05) is 0 Å². The summed E-state index contributed by atoms with van der Waals surface area (Å²) >= 11 is 12.4. The zero-order chi connectivity index (χ0) is 13.6. The summed E-state index contributed by atoms with van der Waals surface area (Å²) in [7, 11) is -3.91. The Morgan fingerprint density at radius 3 is 2.72 bits per heavy atom. The Bertz CT molecular complexity index is 582. The molecule has 0 aromatic carbocycles. The monoisotopic (exact) mass is 328 g/mol. The van der Waals surface area contributed by atoms with Gasteiger partial charge in [0, 0.05) is 5.38 Å². The van der Waals surface area contributed by atoms with Gasteiger partial charge in [-0.2, -0.15) is 8.42 Å². The SMILES string of the molecule is CCc1csc(S(=O)(=O)NC(=O)C2CC2(Cl)Cl)n1. The van der Waals surface area contributed by atoms with Gasteiger partial charge < -0.3 is 0 Å². The molecule has 5 nitrogen and oxygen atoms in total. The summed E-state index contributed by atoms with van der Waals surface area (Å²) in [6, 6.07) is 0. The molecule has 1 aromatic rings. The highest BCUT2D eigenvalue weighted by Crippen LogP contribution is 2.53. The van der Waals surface area contributed by atoms with E-state index < -0.39 is 26.2 Å². The second kappa shape index (κ2) is 4.63. The van der Waals surface area contributed by atoms with Crippen LogP contribution in [0.3, 0.4) is 0 Å². The minimum atomic E-state index is -3.91. The van der Waals surface area contributed by atoms with Crippen molar-refractivity contribution < 1.29 is 13.2 Å². The predicted molar refractivity (Wildman–Crippen MR) is 69.4 cm³/mol. The zero-order valence-electron chi connectivity index (χ0n) is 9.31. The molecule has 18 heavy (non-hydrogen) atoms. The molecule has 0 aliphatic heterocycles. The van der Waals surface area contributed by atoms with Crippen molar-refractivity contribution in [1.82, 2.24) is 9.71 Å². The number of aromatic nitrogens is 1. The van der Waals surface area contributed by atoms with E-state index in [1.54, 1.807) is 5.38 Å². The van der Waals surface area contributed by atoms with Gasteiger partial charge in [-0.1, -0.05) is 6.92 Å². The van der Waals surface area contributed by atoms with Gasteiger partial charge in [-0.25, -0.2) is 9.71 Å². The van der Waals surface area contributed by atoms with Gasteiger partial charge in [0.15, 0.2) is 0 Å². The van der Waals surface area contributed by atoms with Crippen molar-refractivity contribution in [3.05, 3.63) is 11.1 Å². The number of hydrogen-bond donors (Lipinski definition) is 1. The molecule has 0 bridgehead atoms. The number of carbonyl (C=O) groups is 1. The van der Waals surface area contributed by atoms with Crippen molar-refractivity contribution in [3.8, 4) is 0 Å². The van der Waals surface area contributed by atoms with Crippen LogP contribution in [0, 0.1) is 5.92 Å². The number of hydrogen-bond acceptors (Lipinski definition) is 5. The normalized spacial score (nSPS) is 21.6. The summed E-state index contributed by atoms with van der Waals surface area (Å²) in [5.41, 5.74) is 0.670. The van der Waals surface area contributed by atoms with Crippen LogP contribution in [-0.2, 0) is 21.2 Å². The summed E-state index contributed by atoms with van der Waals surface area (Å²) in [6.07, 6.45) is 0.893. The first-order valence-corrected chi connectivity index (χ1v) is 8.27. The molecule has 1 fully saturated rings. The number of carbonyl (C=O) groups excluding carboxylic acids is 1. The number of aryl methyl sites for hydroxylation is 1. The molecule has 9 heteroatoms. The standard InChI is InChI=1S/C9H10Cl2N2O3S2/c1-2-5-4-17-8(12-5)18(15,16)13-7(14)6-3-9(6,10)11/h4,6H,2-3H2,1H3,(H,13,14). The highest BCUT2D eigenvalue weighted by atomic mass is 35.5. The van der Waals surface area contributed by atoms with Gasteiger partial charge in [-0.05, 0) is 12.8 Å². The number of rotatable bonds is 4. The molecule has 1 N–H and O–H groups in total. The molecule has 1 amide bonds. The molecule has 0 radical (unpaired) electrons. The molecule has 1 aliphatic carbocycles. The lowest BCUT2D eigenvalue weighted by Crippen LogP contribution is -2.32. The summed E-state index contributed by atoms with van der Waals surface area (Å²) < 4.78 is 24.4. The molecule has 1 heterocycles. The van der Waals surface area contributed by atoms with E-state index in [1.807, 2.05) is 11.6 Å². The lowest BCUT2D eigenvalue weighted by molar-refractivity contribution is -0.120. The van der Waals surface area contributed by atoms with E-state index in [0.29, 0.717) is 12.1 Å². The van der Waals surface area contributed by atoms with E-state index in [4.69, 9.17) is 23.2 Å². The van der Waals surface area contributed by atoms with Crippen molar-refractivity contribution >= 4 is 50.5 Å². The van der Waals surface area contributed by atoms with E-state index in [0.717, 1.165) is 11.3 Å². The summed E-state index contributed by atoms with van der Waals surface area (Å²) in [5.74, 6) is -1.37. The molecule has 1 aliphatic rings. The number of nitrogens with one attached hydrogen (secondary N) is 1. The van der Waals surface area contributed by atoms with Crippen LogP contribution >= 0.6 is 34.5 Å². The Kier molecular flexibility index (Phi) is 3.61. The number of nitrogens with zero attached hydrogens (tertiary/aromatic N) is 1. The van der Waals surface area contributed by atoms with Crippen molar-refractivity contribution in [3.63, 3.8) is 0 Å². The quantitative estimate of drug-likeness (QED) is 0.853. The zero-order valence-corrected chi connectivity index (χ0v) is 12.5. The first-order valence-electron chi connectivity index (χ1n) is 5.15. The largest absolute Gasteiger partial charge is 0.291 e. The van der Waals surface area contributed by atoms with Gasteiger partial charge in [-0.15, -0.1) is 34.5 Å². The smallest absolute Gasteiger partial charge is 0.274 e. The van der Waals surface area contributed by atoms with Crippen molar-refractivity contribution in [2.24, 2.45) is 5.92 Å². The molecular weight excluding hydrogens is 319 g/mol. The number of alkyl halides is 2. The van der Waals surface area contributed by atoms with Gasteiger partial charge in [-0.3, -0.25) is 4.79 Å². The van der Waals surface area contributed by atoms with E-state index in [2.05, 4.69) is 4.98 Å². The third kappa shape index (κ3) is 2.79. The van der Waals surface area contributed by atoms with Gasteiger partial charge >= 0.3 is 0 Å². The Morgan fingerprint density at radius 1 is 1.67 bits per heavy atom. The van der Waals surface area contributed by atoms with Crippen LogP contribution in [0.5, 0.6) is 0 Å². The maximum atomic E-state index is 11.8. The van der Waals surface area contributed by atoms with Crippen LogP contribution in [0.15, 0.2) is 9.72 Å². The highest BCUT2D eigenvalue weighted by Gasteiger charge is 2.57. The molecule has 1 atom stereocenters. The maximum Gasteiger partial charge on any atom is 0.291 e. The molecule has 0 spiro atoms. The van der Waals surface area contributed by atoms with Crippen molar-refractivity contribution in [1.29, 1.82) is 0 Å². The lowest BCUT2D eigenvalue weighted by atomic mass is 10.4. The fraction of sp³-hybridized carbons (Fsp3) is 0.556. The highest BCUT2D eigenvalue weighted by molar-refractivity contribution is 7.92. The average Bonchev–Trinajstić information content (AvgIpc) is 2.74. The van der Waals surface area contributed by atoms with Gasteiger partial charge in [0.05, 0.1) is 11.6 Å². The predicted octanol–water partition coefficient (Wildman–Crippen LogP) is 1.70. The van der Waals surface area contributed by atoms with Crippen LogP contribution in [0.1, 0.15) is 19.0 Å². The van der Waals surface area contributed by atoms with Crippen LogP contribution in [0.2, 0.25) is 0 Å². The molecule has 0 saturated heterocycles. The Morgan fingerprint density at radius 2 is 2.28 bits per heavy atom. The number of sulfonamides is 1. The fourth-order valence-corrected chi connectivity index (χ4v) is 3.96. The Labute approximate surface area is 119 Å². The van der Waals surface area contributed by atoms with E-state index in [1.165, 1.54) is 0 Å². The van der Waals surface area contributed by atoms with Gasteiger partial charge in [0.1, 0.15) is 4.33 Å². The van der Waals surface area contributed by atoms with E-state index in [-0.39, 0.29) is 10.8 Å². The molecule has 1 unspecified atom stereocenters. The van der Waals surface area contributed by atoms with Crippen LogP contribution < -0.4 is 4.72 Å². The minimum Gasteiger partial charge on any atom is -0.274 e. The minimum absolute atomic E-state index is 0.122. The molecule has 1 aromatic heterocycles. The molecule has 2 rings (SSSR count). The molecular formula is C9H10Cl2N2O3S2. The third-order valence-corrected chi connectivity index (χ3v) is 5.99. The maximum absolute atomic E-state index is 11.8. The Balaban J connectivity index is 2.10. The number of amides is 1. The second-order valence-corrected chi connectivity index (χ2v) is 8.20. The second-order valence-electron chi connectivity index (χ2n) is 3.95. The van der Waals surface area contributed by atoms with Crippen LogP contribution in [0.25, 0.3) is 0 Å². The van der Waals surface area contributed by atoms with Crippen molar-refractivity contribution in [2.45, 2.75) is 28.4 Å². The van der Waals surface area contributed by atoms with Gasteiger partial charge in [0.2, 0.25) is 10.2 Å². The van der Waals surface area contributed by atoms with Crippen LogP contribution in [-0.4, -0.2) is 23.6 Å². The molecule has 1 saturated carbocycles. The number of thiazole rings is 1. The first kappa shape index (κ1) is 14.0. The van der Waals surface area contributed by atoms with Crippen LogP contribution in [0.4, 0.5) is 0 Å². The summed E-state index contributed by atoms with van der Waals surface area (Å²) in [6.45, 7) is 1.86. The third-order valence-electron chi connectivity index (χ3n) is 2.50. The topological polar surface area (TPSA) is 76.1 Å². The number of halogens is 2. The first-order chi connectivity index (χ1) is 8.26. The lowest BCUT2D eigenvalue weighted by Gasteiger charge is -2.03. The fourth-order valence-electron chi connectivity index (χ4n) is 1.32. The van der Waals surface area contributed by atoms with E-state index in [9.17, 15) is 13.2 Å². The van der Waals surface area contributed by atoms with E-state index >= 15 is 0 Å². The summed E-state index contributed by atoms with van der Waals surface area (Å²) in [5, 5.41) is 1.64. The van der Waals surface area contributed by atoms with Gasteiger partial charge in [0.25, 0.3) is 10.0 Å². The summed E-state index contributed by atoms with van der Waals surface area (Å²) in [4.78, 5) is 15.5. The molecule has 100 valence electrons.